The van der Waals surface area contributed by atoms with Crippen molar-refractivity contribution in [3.8, 4) is 0 Å². The maximum atomic E-state index is 11.1. The van der Waals surface area contributed by atoms with Gasteiger partial charge < -0.3 is 10.4 Å². The van der Waals surface area contributed by atoms with Gasteiger partial charge >= 0.3 is 5.97 Å². The van der Waals surface area contributed by atoms with Gasteiger partial charge in [0.1, 0.15) is 0 Å². The number of amides is 1. The zero-order valence-corrected chi connectivity index (χ0v) is 5.96. The number of hydrogen-bond donors (Lipinski definition) is 2. The van der Waals surface area contributed by atoms with Gasteiger partial charge in [-0.15, -0.1) is 0 Å². The lowest BCUT2D eigenvalue weighted by molar-refractivity contribution is -0.144. The maximum Gasteiger partial charge on any atom is 0.304 e. The molecule has 2 heterocycles. The summed E-state index contributed by atoms with van der Waals surface area (Å²) in [6, 6.07) is 0.266. The third kappa shape index (κ3) is 0.751. The predicted molar refractivity (Wildman–Crippen MR) is 35.9 cm³/mol. The van der Waals surface area contributed by atoms with Crippen LogP contribution in [0.5, 0.6) is 0 Å². The van der Waals surface area contributed by atoms with Crippen LogP contribution in [0.15, 0.2) is 0 Å². The Morgan fingerprint density at radius 2 is 2.36 bits per heavy atom. The number of carbonyl (C=O) groups excluding carboxylic acids is 1. The summed E-state index contributed by atoms with van der Waals surface area (Å²) >= 11 is 0. The number of carboxylic acid groups (broad SMARTS) is 1. The third-order valence-electron chi connectivity index (χ3n) is 2.58. The van der Waals surface area contributed by atoms with E-state index in [2.05, 4.69) is 5.32 Å². The highest BCUT2D eigenvalue weighted by atomic mass is 16.4. The van der Waals surface area contributed by atoms with Gasteiger partial charge in [0.15, 0.2) is 0 Å². The summed E-state index contributed by atoms with van der Waals surface area (Å²) in [5.74, 6) is -0.939. The van der Waals surface area contributed by atoms with E-state index in [0.717, 1.165) is 12.8 Å². The molecule has 0 aromatic heterocycles. The Morgan fingerprint density at radius 1 is 1.73 bits per heavy atom. The monoisotopic (exact) mass is 155 g/mol. The normalized spacial score (nSPS) is 39.6. The minimum Gasteiger partial charge on any atom is -0.481 e. The van der Waals surface area contributed by atoms with Crippen molar-refractivity contribution in [2.75, 3.05) is 0 Å². The molecule has 2 aliphatic heterocycles. The number of carbonyl (C=O) groups is 2. The van der Waals surface area contributed by atoms with Crippen LogP contribution in [0.1, 0.15) is 19.3 Å². The van der Waals surface area contributed by atoms with Crippen molar-refractivity contribution in [3.63, 3.8) is 0 Å². The number of fused-ring (bicyclic) bond motifs is 1. The van der Waals surface area contributed by atoms with Gasteiger partial charge in [-0.25, -0.2) is 0 Å². The van der Waals surface area contributed by atoms with E-state index >= 15 is 0 Å². The van der Waals surface area contributed by atoms with E-state index in [1.165, 1.54) is 0 Å². The first-order chi connectivity index (χ1) is 5.12. The summed E-state index contributed by atoms with van der Waals surface area (Å²) in [5, 5.41) is 11.2. The molecule has 1 amide bonds. The Bertz CT molecular complexity index is 230. The van der Waals surface area contributed by atoms with Crippen molar-refractivity contribution < 1.29 is 14.7 Å². The number of nitrogens with one attached hydrogen (secondary N) is 1. The Morgan fingerprint density at radius 3 is 2.73 bits per heavy atom. The highest BCUT2D eigenvalue weighted by molar-refractivity contribution is 5.91. The molecule has 0 radical (unpaired) electrons. The van der Waals surface area contributed by atoms with Crippen LogP contribution in [0.25, 0.3) is 0 Å². The number of hydrogen-bond acceptors (Lipinski definition) is 2. The van der Waals surface area contributed by atoms with E-state index < -0.39 is 11.4 Å². The molecule has 4 heteroatoms. The van der Waals surface area contributed by atoms with Crippen molar-refractivity contribution in [1.29, 1.82) is 0 Å². The molecule has 3 rings (SSSR count). The zero-order valence-electron chi connectivity index (χ0n) is 5.96. The predicted octanol–water partition coefficient (Wildman–Crippen LogP) is -0.260. The van der Waals surface area contributed by atoms with E-state index in [1.807, 2.05) is 0 Å². The summed E-state index contributed by atoms with van der Waals surface area (Å²) in [4.78, 5) is 21.4. The lowest BCUT2D eigenvalue weighted by Gasteiger charge is -2.32. The number of aliphatic carboxylic acids is 1. The lowest BCUT2D eigenvalue weighted by Crippen LogP contribution is -2.36. The largest absolute Gasteiger partial charge is 0.481 e. The second-order valence-corrected chi connectivity index (χ2v) is 3.43. The van der Waals surface area contributed by atoms with Gasteiger partial charge in [0.2, 0.25) is 5.91 Å². The molecule has 1 aliphatic carbocycles. The summed E-state index contributed by atoms with van der Waals surface area (Å²) in [7, 11) is 0. The molecule has 0 atom stereocenters. The first-order valence-electron chi connectivity index (χ1n) is 3.65. The summed E-state index contributed by atoms with van der Waals surface area (Å²) in [5.41, 5.74) is -0.531. The molecule has 2 bridgehead atoms. The fraction of sp³-hybridized carbons (Fsp3) is 0.714. The molecule has 1 saturated carbocycles. The molecule has 60 valence electrons. The first kappa shape index (κ1) is 6.64. The average molecular weight is 155 g/mol. The maximum absolute atomic E-state index is 11.1. The Hall–Kier alpha value is -1.06. The molecule has 0 aromatic carbocycles. The second-order valence-electron chi connectivity index (χ2n) is 3.43. The standard InChI is InChI=1S/C7H9NO3/c9-5(10)3-7-1-4(2-7)8-6(7)11/h4H,1-3H2,(H,8,11)(H,9,10). The van der Waals surface area contributed by atoms with Crippen LogP contribution in [-0.2, 0) is 9.59 Å². The minimum atomic E-state index is -0.875. The topological polar surface area (TPSA) is 66.4 Å². The molecule has 2 N–H and O–H groups in total. The SMILES string of the molecule is O=C(O)CC12CC(C1)NC2=O. The Labute approximate surface area is 63.6 Å². The highest BCUT2D eigenvalue weighted by Gasteiger charge is 2.58. The van der Waals surface area contributed by atoms with Crippen LogP contribution < -0.4 is 5.32 Å². The molecule has 4 nitrogen and oxygen atoms in total. The Balaban J connectivity index is 2.12. The van der Waals surface area contributed by atoms with Crippen LogP contribution in [0, 0.1) is 5.41 Å². The van der Waals surface area contributed by atoms with Gasteiger partial charge in [0.05, 0.1) is 11.8 Å². The van der Waals surface area contributed by atoms with Gasteiger partial charge in [-0.2, -0.15) is 0 Å². The summed E-state index contributed by atoms with van der Waals surface area (Å²) < 4.78 is 0. The number of rotatable bonds is 2. The molecular formula is C7H9NO3. The van der Waals surface area contributed by atoms with E-state index in [0.29, 0.717) is 0 Å². The van der Waals surface area contributed by atoms with E-state index in [1.54, 1.807) is 0 Å². The van der Waals surface area contributed by atoms with Crippen molar-refractivity contribution in [3.05, 3.63) is 0 Å². The van der Waals surface area contributed by atoms with Crippen molar-refractivity contribution in [2.24, 2.45) is 5.41 Å². The van der Waals surface area contributed by atoms with Crippen molar-refractivity contribution >= 4 is 11.9 Å². The van der Waals surface area contributed by atoms with Crippen LogP contribution >= 0.6 is 0 Å². The second kappa shape index (κ2) is 1.75. The van der Waals surface area contributed by atoms with E-state index in [9.17, 15) is 9.59 Å². The fourth-order valence-corrected chi connectivity index (χ4v) is 2.02. The Kier molecular flexibility index (Phi) is 1.06. The highest BCUT2D eigenvalue weighted by Crippen LogP contribution is 2.49. The molecule has 11 heavy (non-hydrogen) atoms. The molecule has 0 unspecified atom stereocenters. The number of carboxylic acids is 1. The molecular weight excluding hydrogens is 146 g/mol. The van der Waals surface area contributed by atoms with Gasteiger partial charge in [0.25, 0.3) is 0 Å². The fourth-order valence-electron chi connectivity index (χ4n) is 2.02. The van der Waals surface area contributed by atoms with E-state index in [4.69, 9.17) is 5.11 Å². The van der Waals surface area contributed by atoms with Gasteiger partial charge in [-0.05, 0) is 12.8 Å². The first-order valence-corrected chi connectivity index (χ1v) is 3.65. The quantitative estimate of drug-likeness (QED) is 0.577. The van der Waals surface area contributed by atoms with Crippen LogP contribution in [0.4, 0.5) is 0 Å². The van der Waals surface area contributed by atoms with Gasteiger partial charge in [0, 0.05) is 6.04 Å². The lowest BCUT2D eigenvalue weighted by atomic mass is 9.68. The molecule has 3 aliphatic rings. The molecule has 2 saturated heterocycles. The summed E-state index contributed by atoms with van der Waals surface area (Å²) in [6.45, 7) is 0. The molecule has 3 fully saturated rings. The molecule has 0 aromatic rings. The summed E-state index contributed by atoms with van der Waals surface area (Å²) in [6.07, 6.45) is 1.44. The van der Waals surface area contributed by atoms with Crippen LogP contribution in [0.2, 0.25) is 0 Å². The zero-order chi connectivity index (χ0) is 8.06. The van der Waals surface area contributed by atoms with Crippen LogP contribution in [-0.4, -0.2) is 23.0 Å². The molecule has 0 spiro atoms. The van der Waals surface area contributed by atoms with Gasteiger partial charge in [-0.1, -0.05) is 0 Å². The van der Waals surface area contributed by atoms with Crippen molar-refractivity contribution in [2.45, 2.75) is 25.3 Å². The minimum absolute atomic E-state index is 0.00463. The third-order valence-corrected chi connectivity index (χ3v) is 2.58. The van der Waals surface area contributed by atoms with Gasteiger partial charge in [-0.3, -0.25) is 9.59 Å². The van der Waals surface area contributed by atoms with Crippen molar-refractivity contribution in [1.82, 2.24) is 5.32 Å². The van der Waals surface area contributed by atoms with E-state index in [-0.39, 0.29) is 18.4 Å². The van der Waals surface area contributed by atoms with Crippen LogP contribution in [0.3, 0.4) is 0 Å². The smallest absolute Gasteiger partial charge is 0.304 e. The average Bonchev–Trinajstić information content (AvgIpc) is 2.17.